The molecule has 7 aliphatic carbocycles. The Morgan fingerprint density at radius 1 is 0.293 bits per heavy atom. The molecular formula is C104H162F18O28. The van der Waals surface area contributed by atoms with Gasteiger partial charge in [0.25, 0.3) is 5.60 Å². The van der Waals surface area contributed by atoms with Crippen molar-refractivity contribution in [2.75, 3.05) is 52.9 Å². The minimum atomic E-state index is -5.92. The summed E-state index contributed by atoms with van der Waals surface area (Å²) < 4.78 is 302. The number of halogens is 18. The van der Waals surface area contributed by atoms with Gasteiger partial charge in [0, 0.05) is 51.9 Å². The second-order valence-corrected chi connectivity index (χ2v) is 44.7. The van der Waals surface area contributed by atoms with Crippen LogP contribution in [0, 0.1) is 11.8 Å². The Kier molecular flexibility index (Phi) is 52.1. The molecule has 0 saturated heterocycles. The van der Waals surface area contributed by atoms with Gasteiger partial charge in [-0.05, 0) is 306 Å². The number of hydrogen-bond acceptors (Lipinski definition) is 28. The fourth-order valence-electron chi connectivity index (χ4n) is 15.7. The molecule has 28 nitrogen and oxygen atoms in total. The lowest BCUT2D eigenvalue weighted by Crippen LogP contribution is -2.61. The summed E-state index contributed by atoms with van der Waals surface area (Å²) in [6.45, 7) is 54.0. The van der Waals surface area contributed by atoms with Crippen molar-refractivity contribution in [1.29, 1.82) is 0 Å². The number of alkyl halides is 18. The highest BCUT2D eigenvalue weighted by atomic mass is 19.4. The minimum Gasteiger partial charge on any atom is -0.462 e. The predicted molar refractivity (Wildman–Crippen MR) is 514 cm³/mol. The van der Waals surface area contributed by atoms with E-state index in [4.69, 9.17) is 71.4 Å². The van der Waals surface area contributed by atoms with E-state index in [1.165, 1.54) is 27.7 Å². The fraction of sp³-hybridized carbons (Fsp3) is 0.798. The normalized spacial score (nSPS) is 28.0. The first-order chi connectivity index (χ1) is 67.3. The molecule has 150 heavy (non-hydrogen) atoms. The summed E-state index contributed by atoms with van der Waals surface area (Å²) in [5, 5.41) is 66.2. The van der Waals surface area contributed by atoms with Crippen molar-refractivity contribution >= 4 is 41.8 Å². The monoisotopic (exact) mass is 2200 g/mol. The van der Waals surface area contributed by atoms with Crippen LogP contribution < -0.4 is 0 Å². The highest BCUT2D eigenvalue weighted by Crippen LogP contribution is 2.49. The molecule has 0 aliphatic heterocycles. The first kappa shape index (κ1) is 141. The Labute approximate surface area is 868 Å². The molecule has 17 unspecified atom stereocenters. The van der Waals surface area contributed by atoms with Crippen molar-refractivity contribution in [2.24, 2.45) is 11.8 Å². The van der Waals surface area contributed by atoms with Gasteiger partial charge in [-0.15, -0.1) is 0 Å². The van der Waals surface area contributed by atoms with Crippen LogP contribution in [0.25, 0.3) is 0 Å². The van der Waals surface area contributed by atoms with E-state index in [0.717, 1.165) is 44.9 Å². The topological polar surface area (TPSA) is 390 Å². The fourth-order valence-corrected chi connectivity index (χ4v) is 15.7. The van der Waals surface area contributed by atoms with Gasteiger partial charge in [0.2, 0.25) is 0 Å². The SMILES string of the molecule is C=C(C)C(=O)OC(C)C1CCC(C)(OCC(C)(O)C(F)(F)F)C1.C=C(C)C(=O)OC1CCC(C)(OCC(C)(O)C(F)(F)F)C1.C=C(C)C(=O)OC1CCC(C)(OCC(O)(C(F)(F)F)C(F)(F)F)CC1.C=C(C)C(=O)OC1CCCC(C)(OCC(C)(C)O)C1.C=C(C)C(=O)OC1CCCC1(C)OCC(C)(O)C(F)(F)F.C=C(C)C(=O)OC1CCCCC1(C)OCC(C)(C)O.C=C(C)C(=O)OCC1CCC(C)(OCC(C)(O)C(F)(F)F)C1. The third kappa shape index (κ3) is 47.4. The van der Waals surface area contributed by atoms with E-state index in [1.54, 1.807) is 90.0 Å². The summed E-state index contributed by atoms with van der Waals surface area (Å²) in [6.07, 6.45) is -19.2. The standard InChI is InChI=1S/C16H25F3O4.C15H20F6O4.C15H23F3O4.2C15H26O4.2C14H21F3O4/c1-10(2)13(20)23-11(3)12-6-7-14(4,8-12)22-9-15(5,21)16(17,18)19;1-9(2)11(22)25-10-4-6-12(3,7-5-10)24-8-13(23,14(16,17)18)15(19,20)21;1-10(2)12(19)21-8-11-5-6-13(3,7-11)22-9-14(4,20)15(16,17)18;1-11(2)13(16)19-12-7-6-8-15(5,9-12)18-10-14(3,4)17;1-11(2)13(16)19-12-8-6-7-9-15(12,5)18-10-14(3,4)17;1-9(2)11(18)21-10-5-6-12(3,7-10)20-8-13(4,19)14(15,16)17;1-9(2)11(18)21-10-6-5-7-12(10,3)20-8-13(4,19)14(15,16)17/h11-12,21H,1,6-9H2,2-5H3;10,23H,1,4-8H2,2-3H3;11,20H,1,5-9H2,2-4H3;2*12,17H,1,6-10H2,2-5H3;2*10,19H,1,5-8H2,2-4H3. The molecule has 7 saturated carbocycles. The van der Waals surface area contributed by atoms with Crippen molar-refractivity contribution in [3.8, 4) is 0 Å². The average molecular weight is 2200 g/mol. The number of aliphatic hydroxyl groups is 7. The molecule has 17 atom stereocenters. The van der Waals surface area contributed by atoms with Gasteiger partial charge in [0.05, 0.1) is 92.1 Å². The van der Waals surface area contributed by atoms with Crippen LogP contribution >= 0.6 is 0 Å². The van der Waals surface area contributed by atoms with Crippen LogP contribution in [0.3, 0.4) is 0 Å². The van der Waals surface area contributed by atoms with Crippen LogP contribution in [0.15, 0.2) is 85.1 Å². The van der Waals surface area contributed by atoms with E-state index in [0.29, 0.717) is 133 Å². The van der Waals surface area contributed by atoms with Gasteiger partial charge >= 0.3 is 78.8 Å². The van der Waals surface area contributed by atoms with Crippen LogP contribution in [0.5, 0.6) is 0 Å². The summed E-state index contributed by atoms with van der Waals surface area (Å²) in [4.78, 5) is 80.4. The summed E-state index contributed by atoms with van der Waals surface area (Å²) in [5.41, 5.74) is -21.8. The zero-order chi connectivity index (χ0) is 117. The van der Waals surface area contributed by atoms with E-state index in [9.17, 15) is 143 Å². The summed E-state index contributed by atoms with van der Waals surface area (Å²) in [7, 11) is 0. The van der Waals surface area contributed by atoms with Gasteiger partial charge in [0.15, 0.2) is 22.4 Å². The molecule has 0 aromatic carbocycles. The number of hydrogen-bond donors (Lipinski definition) is 7. The highest BCUT2D eigenvalue weighted by molar-refractivity contribution is 5.89. The predicted octanol–water partition coefficient (Wildman–Crippen LogP) is 20.7. The Balaban J connectivity index is 0.000000876. The lowest BCUT2D eigenvalue weighted by Gasteiger charge is -2.41. The molecule has 0 spiro atoms. The number of carbonyl (C=O) groups is 7. The van der Waals surface area contributed by atoms with E-state index < -0.39 is 191 Å². The van der Waals surface area contributed by atoms with E-state index in [-0.39, 0.29) is 110 Å². The lowest BCUT2D eigenvalue weighted by molar-refractivity contribution is -0.383. The molecule has 872 valence electrons. The molecule has 7 aliphatic rings. The molecule has 46 heteroatoms. The number of carbonyl (C=O) groups excluding carboxylic acids is 7. The molecule has 7 fully saturated rings. The Hall–Kier alpha value is -7.35. The van der Waals surface area contributed by atoms with Gasteiger partial charge in [-0.1, -0.05) is 52.5 Å². The van der Waals surface area contributed by atoms with Gasteiger partial charge in [-0.2, -0.15) is 79.0 Å². The van der Waals surface area contributed by atoms with Gasteiger partial charge in [-0.25, -0.2) is 33.6 Å². The maximum atomic E-state index is 12.7. The van der Waals surface area contributed by atoms with E-state index in [2.05, 4.69) is 46.1 Å². The second kappa shape index (κ2) is 55.5. The molecule has 0 aromatic rings. The molecule has 0 amide bonds. The van der Waals surface area contributed by atoms with E-state index >= 15 is 0 Å². The second-order valence-electron chi connectivity index (χ2n) is 44.7. The van der Waals surface area contributed by atoms with Gasteiger partial charge < -0.3 is 102 Å². The Morgan fingerprint density at radius 2 is 0.573 bits per heavy atom. The first-order valence-corrected chi connectivity index (χ1v) is 49.2. The van der Waals surface area contributed by atoms with Crippen LogP contribution in [0.1, 0.15) is 313 Å². The van der Waals surface area contributed by atoms with Crippen LogP contribution in [0.2, 0.25) is 0 Å². The maximum Gasteiger partial charge on any atom is 0.428 e. The minimum absolute atomic E-state index is 0.000800. The summed E-state index contributed by atoms with van der Waals surface area (Å²) >= 11 is 0. The molecule has 0 radical (unpaired) electrons. The molecule has 7 rings (SSSR count). The van der Waals surface area contributed by atoms with Gasteiger partial charge in [-0.3, -0.25) is 0 Å². The average Bonchev–Trinajstić information content (AvgIpc) is 0.844. The van der Waals surface area contributed by atoms with Crippen molar-refractivity contribution in [3.63, 3.8) is 0 Å². The highest BCUT2D eigenvalue weighted by Gasteiger charge is 2.71. The van der Waals surface area contributed by atoms with Crippen molar-refractivity contribution in [2.45, 2.75) is 465 Å². The lowest BCUT2D eigenvalue weighted by atomic mass is 9.83. The van der Waals surface area contributed by atoms with Crippen LogP contribution in [-0.2, 0) is 99.9 Å². The molecule has 0 bridgehead atoms. The third-order valence-electron chi connectivity index (χ3n) is 26.5. The largest absolute Gasteiger partial charge is 0.462 e. The maximum absolute atomic E-state index is 12.7. The summed E-state index contributed by atoms with van der Waals surface area (Å²) in [6, 6.07) is 0. The van der Waals surface area contributed by atoms with Crippen molar-refractivity contribution in [3.05, 3.63) is 85.1 Å². The zero-order valence-corrected chi connectivity index (χ0v) is 90.7. The Bertz CT molecular complexity index is 4440. The first-order valence-electron chi connectivity index (χ1n) is 49.2. The number of esters is 7. The number of rotatable bonds is 37. The van der Waals surface area contributed by atoms with Crippen molar-refractivity contribution < 1.29 is 215 Å². The summed E-state index contributed by atoms with van der Waals surface area (Å²) in [5.74, 6) is -3.37. The molecule has 0 aromatic heterocycles. The molecule has 0 heterocycles. The quantitative estimate of drug-likeness (QED) is 0.0131. The van der Waals surface area contributed by atoms with Crippen molar-refractivity contribution in [1.82, 2.24) is 0 Å². The smallest absolute Gasteiger partial charge is 0.428 e. The van der Waals surface area contributed by atoms with Crippen LogP contribution in [-0.4, -0.2) is 282 Å². The third-order valence-corrected chi connectivity index (χ3v) is 26.5. The molecular weight excluding hydrogens is 2040 g/mol. The molecule has 7 N–H and O–H groups in total. The van der Waals surface area contributed by atoms with E-state index in [1.807, 2.05) is 13.8 Å². The number of ether oxygens (including phenoxy) is 14. The van der Waals surface area contributed by atoms with Crippen LogP contribution in [0.4, 0.5) is 79.0 Å². The van der Waals surface area contributed by atoms with Gasteiger partial charge in [0.1, 0.15) is 47.8 Å². The zero-order valence-electron chi connectivity index (χ0n) is 90.7. The Morgan fingerprint density at radius 3 is 0.947 bits per heavy atom.